The molecule has 0 fully saturated rings. The van der Waals surface area contributed by atoms with Crippen molar-refractivity contribution in [2.24, 2.45) is 0 Å². The SMILES string of the molecule is CCCCCCCC(=O)OCCOCCOCCOCCOCCOCCOc1ccccc1. The Morgan fingerprint density at radius 2 is 1.06 bits per heavy atom. The number of carbonyl (C=O) groups excluding carboxylic acids is 1. The predicted molar refractivity (Wildman–Crippen MR) is 130 cm³/mol. The molecular formula is C26H44O8. The summed E-state index contributed by atoms with van der Waals surface area (Å²) in [4.78, 5) is 11.6. The molecule has 1 aromatic carbocycles. The first-order valence-corrected chi connectivity index (χ1v) is 12.5. The molecule has 0 heterocycles. The number of hydrogen-bond acceptors (Lipinski definition) is 8. The summed E-state index contributed by atoms with van der Waals surface area (Å²) in [6, 6.07) is 9.66. The van der Waals surface area contributed by atoms with Crippen LogP contribution in [0, 0.1) is 0 Å². The Kier molecular flexibility index (Phi) is 21.8. The molecule has 196 valence electrons. The molecule has 0 unspecified atom stereocenters. The van der Waals surface area contributed by atoms with Crippen LogP contribution in [-0.2, 0) is 33.2 Å². The van der Waals surface area contributed by atoms with Gasteiger partial charge in [-0.25, -0.2) is 0 Å². The van der Waals surface area contributed by atoms with E-state index in [1.54, 1.807) is 0 Å². The quantitative estimate of drug-likeness (QED) is 0.152. The Hall–Kier alpha value is -1.71. The number of carbonyl (C=O) groups is 1. The summed E-state index contributed by atoms with van der Waals surface area (Å²) in [7, 11) is 0. The summed E-state index contributed by atoms with van der Waals surface area (Å²) in [6.07, 6.45) is 6.12. The normalized spacial score (nSPS) is 11.0. The fraction of sp³-hybridized carbons (Fsp3) is 0.731. The average molecular weight is 485 g/mol. The topological polar surface area (TPSA) is 81.7 Å². The predicted octanol–water partition coefficient (Wildman–Crippen LogP) is 4.05. The van der Waals surface area contributed by atoms with Crippen molar-refractivity contribution >= 4 is 5.97 Å². The fourth-order valence-electron chi connectivity index (χ4n) is 2.88. The highest BCUT2D eigenvalue weighted by atomic mass is 16.6. The lowest BCUT2D eigenvalue weighted by molar-refractivity contribution is -0.145. The highest BCUT2D eigenvalue weighted by molar-refractivity contribution is 5.69. The van der Waals surface area contributed by atoms with Gasteiger partial charge in [0.15, 0.2) is 0 Å². The van der Waals surface area contributed by atoms with Gasteiger partial charge in [0.2, 0.25) is 0 Å². The lowest BCUT2D eigenvalue weighted by Gasteiger charge is -2.09. The zero-order valence-corrected chi connectivity index (χ0v) is 20.9. The van der Waals surface area contributed by atoms with Gasteiger partial charge in [0.1, 0.15) is 19.0 Å². The molecule has 0 aliphatic heterocycles. The van der Waals surface area contributed by atoms with E-state index >= 15 is 0 Å². The van der Waals surface area contributed by atoms with E-state index in [1.807, 2.05) is 30.3 Å². The molecule has 0 radical (unpaired) electrons. The lowest BCUT2D eigenvalue weighted by Crippen LogP contribution is -2.15. The molecule has 8 nitrogen and oxygen atoms in total. The van der Waals surface area contributed by atoms with Gasteiger partial charge >= 0.3 is 5.97 Å². The van der Waals surface area contributed by atoms with Gasteiger partial charge < -0.3 is 33.2 Å². The van der Waals surface area contributed by atoms with Crippen molar-refractivity contribution < 1.29 is 38.0 Å². The number of para-hydroxylation sites is 1. The zero-order valence-electron chi connectivity index (χ0n) is 20.9. The number of esters is 1. The molecule has 0 saturated heterocycles. The Morgan fingerprint density at radius 3 is 1.59 bits per heavy atom. The summed E-state index contributed by atoms with van der Waals surface area (Å²) in [6.45, 7) is 7.95. The third kappa shape index (κ3) is 20.9. The molecule has 0 spiro atoms. The molecule has 0 saturated carbocycles. The van der Waals surface area contributed by atoms with Crippen LogP contribution in [0.15, 0.2) is 30.3 Å². The van der Waals surface area contributed by atoms with Crippen molar-refractivity contribution in [3.05, 3.63) is 30.3 Å². The van der Waals surface area contributed by atoms with E-state index in [4.69, 9.17) is 33.2 Å². The van der Waals surface area contributed by atoms with E-state index in [0.29, 0.717) is 85.7 Å². The summed E-state index contributed by atoms with van der Waals surface area (Å²) in [5.41, 5.74) is 0. The van der Waals surface area contributed by atoms with Crippen molar-refractivity contribution in [3.8, 4) is 5.75 Å². The Labute approximate surface area is 205 Å². The van der Waals surface area contributed by atoms with Gasteiger partial charge in [0.25, 0.3) is 0 Å². The van der Waals surface area contributed by atoms with Crippen LogP contribution in [0.2, 0.25) is 0 Å². The molecule has 1 aromatic rings. The van der Waals surface area contributed by atoms with Gasteiger partial charge in [-0.3, -0.25) is 4.79 Å². The standard InChI is InChI=1S/C26H44O8/c1-2-3-4-5-9-12-26(27)34-24-22-32-20-18-30-16-14-28-13-15-29-17-19-31-21-23-33-25-10-7-6-8-11-25/h6-8,10-11H,2-5,9,12-24H2,1H3. The van der Waals surface area contributed by atoms with Crippen LogP contribution >= 0.6 is 0 Å². The molecule has 34 heavy (non-hydrogen) atoms. The Morgan fingerprint density at radius 1 is 0.588 bits per heavy atom. The summed E-state index contributed by atoms with van der Waals surface area (Å²) < 4.78 is 37.8. The molecule has 8 heteroatoms. The number of rotatable bonds is 25. The maximum Gasteiger partial charge on any atom is 0.305 e. The maximum atomic E-state index is 11.6. The minimum Gasteiger partial charge on any atom is -0.491 e. The molecule has 0 aliphatic rings. The minimum absolute atomic E-state index is 0.140. The van der Waals surface area contributed by atoms with Crippen LogP contribution in [0.25, 0.3) is 0 Å². The van der Waals surface area contributed by atoms with Crippen molar-refractivity contribution in [2.75, 3.05) is 79.3 Å². The van der Waals surface area contributed by atoms with Crippen molar-refractivity contribution in [2.45, 2.75) is 45.4 Å². The van der Waals surface area contributed by atoms with E-state index in [1.165, 1.54) is 19.3 Å². The average Bonchev–Trinajstić information content (AvgIpc) is 2.86. The number of benzene rings is 1. The van der Waals surface area contributed by atoms with Gasteiger partial charge in [-0.15, -0.1) is 0 Å². The highest BCUT2D eigenvalue weighted by Crippen LogP contribution is 2.07. The van der Waals surface area contributed by atoms with Gasteiger partial charge in [-0.1, -0.05) is 50.8 Å². The summed E-state index contributed by atoms with van der Waals surface area (Å²) in [5.74, 6) is 0.704. The smallest absolute Gasteiger partial charge is 0.305 e. The maximum absolute atomic E-state index is 11.6. The minimum atomic E-state index is -0.140. The van der Waals surface area contributed by atoms with Gasteiger partial charge in [-0.05, 0) is 18.6 Å². The third-order valence-corrected chi connectivity index (χ3v) is 4.70. The van der Waals surface area contributed by atoms with Crippen LogP contribution < -0.4 is 4.74 Å². The first kappa shape index (κ1) is 30.3. The Bertz CT molecular complexity index is 555. The number of unbranched alkanes of at least 4 members (excludes halogenated alkanes) is 4. The third-order valence-electron chi connectivity index (χ3n) is 4.70. The molecule has 1 rings (SSSR count). The molecule has 0 aromatic heterocycles. The monoisotopic (exact) mass is 484 g/mol. The van der Waals surface area contributed by atoms with Crippen LogP contribution in [0.4, 0.5) is 0 Å². The fourth-order valence-corrected chi connectivity index (χ4v) is 2.88. The van der Waals surface area contributed by atoms with E-state index in [0.717, 1.165) is 18.6 Å². The summed E-state index contributed by atoms with van der Waals surface area (Å²) in [5, 5.41) is 0. The second kappa shape index (κ2) is 24.4. The van der Waals surface area contributed by atoms with E-state index in [-0.39, 0.29) is 5.97 Å². The zero-order chi connectivity index (χ0) is 24.4. The molecule has 0 atom stereocenters. The largest absolute Gasteiger partial charge is 0.491 e. The van der Waals surface area contributed by atoms with Crippen LogP contribution in [0.5, 0.6) is 5.75 Å². The first-order valence-electron chi connectivity index (χ1n) is 12.5. The molecular weight excluding hydrogens is 440 g/mol. The van der Waals surface area contributed by atoms with Gasteiger partial charge in [0, 0.05) is 6.42 Å². The highest BCUT2D eigenvalue weighted by Gasteiger charge is 2.02. The molecule has 0 amide bonds. The molecule has 0 bridgehead atoms. The molecule has 0 N–H and O–H groups in total. The van der Waals surface area contributed by atoms with Crippen molar-refractivity contribution in [1.82, 2.24) is 0 Å². The van der Waals surface area contributed by atoms with Crippen LogP contribution in [0.1, 0.15) is 45.4 Å². The van der Waals surface area contributed by atoms with Crippen molar-refractivity contribution in [3.63, 3.8) is 0 Å². The molecule has 0 aliphatic carbocycles. The van der Waals surface area contributed by atoms with Gasteiger partial charge in [-0.2, -0.15) is 0 Å². The second-order valence-electron chi connectivity index (χ2n) is 7.61. The second-order valence-corrected chi connectivity index (χ2v) is 7.61. The number of hydrogen-bond donors (Lipinski definition) is 0. The van der Waals surface area contributed by atoms with Crippen LogP contribution in [0.3, 0.4) is 0 Å². The number of ether oxygens (including phenoxy) is 7. The van der Waals surface area contributed by atoms with E-state index < -0.39 is 0 Å². The lowest BCUT2D eigenvalue weighted by atomic mass is 10.1. The first-order chi connectivity index (χ1) is 16.8. The van der Waals surface area contributed by atoms with Crippen molar-refractivity contribution in [1.29, 1.82) is 0 Å². The van der Waals surface area contributed by atoms with Gasteiger partial charge in [0.05, 0.1) is 66.1 Å². The van der Waals surface area contributed by atoms with E-state index in [9.17, 15) is 4.79 Å². The van der Waals surface area contributed by atoms with Crippen LogP contribution in [-0.4, -0.2) is 85.3 Å². The van der Waals surface area contributed by atoms with E-state index in [2.05, 4.69) is 6.92 Å². The summed E-state index contributed by atoms with van der Waals surface area (Å²) >= 11 is 0. The Balaban J connectivity index is 1.68.